The summed E-state index contributed by atoms with van der Waals surface area (Å²) in [7, 11) is 1.15. The van der Waals surface area contributed by atoms with Gasteiger partial charge in [0.2, 0.25) is 6.29 Å². The lowest BCUT2D eigenvalue weighted by Gasteiger charge is -2.43. The van der Waals surface area contributed by atoms with Crippen LogP contribution in [0.3, 0.4) is 0 Å². The fourth-order valence-electron chi connectivity index (χ4n) is 5.37. The number of carbonyl (C=O) groups excluding carboxylic acids is 2. The van der Waals surface area contributed by atoms with Gasteiger partial charge in [0.05, 0.1) is 39.6 Å². The van der Waals surface area contributed by atoms with E-state index in [1.54, 1.807) is 20.8 Å². The molecule has 13 nitrogen and oxygen atoms in total. The number of ether oxygens (including phenoxy) is 7. The molecule has 1 aliphatic rings. The number of alkyl carbamates (subject to hydrolysis) is 1. The summed E-state index contributed by atoms with van der Waals surface area (Å²) in [5.74, 6) is -0.847. The molecule has 0 aliphatic carbocycles. The summed E-state index contributed by atoms with van der Waals surface area (Å²) in [5.41, 5.74) is 1.69. The average Bonchev–Trinajstić information content (AvgIpc) is 3.09. The number of esters is 1. The van der Waals surface area contributed by atoms with Crippen LogP contribution in [0.15, 0.2) is 91.0 Å². The van der Waals surface area contributed by atoms with Crippen LogP contribution in [0.5, 0.6) is 0 Å². The maximum atomic E-state index is 12.9. The van der Waals surface area contributed by atoms with E-state index in [4.69, 9.17) is 33.2 Å². The van der Waals surface area contributed by atoms with Gasteiger partial charge in [0.15, 0.2) is 12.1 Å². The minimum atomic E-state index is -1.62. The number of rotatable bonds is 16. The smallest absolute Gasteiger partial charge is 0.408 e. The Morgan fingerprint density at radius 3 is 1.82 bits per heavy atom. The van der Waals surface area contributed by atoms with Gasteiger partial charge in [0.1, 0.15) is 17.8 Å². The lowest BCUT2D eigenvalue weighted by molar-refractivity contribution is -0.578. The number of nitro groups is 1. The highest BCUT2D eigenvalue weighted by molar-refractivity contribution is 5.82. The second-order valence-electron chi connectivity index (χ2n) is 12.8. The van der Waals surface area contributed by atoms with Gasteiger partial charge in [-0.3, -0.25) is 10.1 Å². The Labute approximate surface area is 292 Å². The van der Waals surface area contributed by atoms with E-state index < -0.39 is 65.4 Å². The normalized spacial score (nSPS) is 21.8. The third-order valence-electron chi connectivity index (χ3n) is 7.77. The van der Waals surface area contributed by atoms with Gasteiger partial charge in [0.25, 0.3) is 6.04 Å². The second kappa shape index (κ2) is 18.6. The zero-order valence-electron chi connectivity index (χ0n) is 29.0. The van der Waals surface area contributed by atoms with Gasteiger partial charge in [-0.15, -0.1) is 0 Å². The third kappa shape index (κ3) is 11.6. The fraction of sp³-hybridized carbons (Fsp3) is 0.459. The predicted octanol–water partition coefficient (Wildman–Crippen LogP) is 5.22. The van der Waals surface area contributed by atoms with E-state index in [1.807, 2.05) is 91.0 Å². The maximum Gasteiger partial charge on any atom is 0.408 e. The van der Waals surface area contributed by atoms with Crippen molar-refractivity contribution >= 4 is 12.1 Å². The predicted molar refractivity (Wildman–Crippen MR) is 181 cm³/mol. The summed E-state index contributed by atoms with van der Waals surface area (Å²) in [6.45, 7) is 6.84. The van der Waals surface area contributed by atoms with E-state index in [-0.39, 0.29) is 26.4 Å². The number of hydrogen-bond donors (Lipinski definition) is 1. The Hall–Kier alpha value is -4.40. The molecule has 3 aromatic rings. The molecule has 4 rings (SSSR count). The maximum absolute atomic E-state index is 12.9. The van der Waals surface area contributed by atoms with Crippen LogP contribution in [0.2, 0.25) is 0 Å². The van der Waals surface area contributed by atoms with E-state index in [0.29, 0.717) is 0 Å². The quantitative estimate of drug-likeness (QED) is 0.119. The molecule has 270 valence electrons. The third-order valence-corrected chi connectivity index (χ3v) is 7.77. The molecule has 0 aromatic heterocycles. The zero-order chi connectivity index (χ0) is 36.1. The summed E-state index contributed by atoms with van der Waals surface area (Å²) in [6.07, 6.45) is -6.71. The molecule has 3 aromatic carbocycles. The largest absolute Gasteiger partial charge is 0.467 e. The highest BCUT2D eigenvalue weighted by atomic mass is 16.7. The molecular weight excluding hydrogens is 648 g/mol. The highest BCUT2D eigenvalue weighted by Crippen LogP contribution is 2.31. The summed E-state index contributed by atoms with van der Waals surface area (Å²) in [6, 6.07) is 25.1. The van der Waals surface area contributed by atoms with Crippen molar-refractivity contribution in [1.82, 2.24) is 5.32 Å². The fourth-order valence-corrected chi connectivity index (χ4v) is 5.37. The van der Waals surface area contributed by atoms with Crippen molar-refractivity contribution < 1.29 is 47.7 Å². The van der Waals surface area contributed by atoms with E-state index in [9.17, 15) is 19.7 Å². The van der Waals surface area contributed by atoms with Crippen LogP contribution in [0.4, 0.5) is 4.79 Å². The van der Waals surface area contributed by atoms with Gasteiger partial charge < -0.3 is 38.5 Å². The van der Waals surface area contributed by atoms with Crippen LogP contribution in [0.25, 0.3) is 0 Å². The van der Waals surface area contributed by atoms with Gasteiger partial charge in [-0.05, 0) is 44.4 Å². The van der Waals surface area contributed by atoms with Gasteiger partial charge in [-0.25, -0.2) is 9.59 Å². The molecule has 1 heterocycles. The van der Waals surface area contributed by atoms with Crippen LogP contribution in [0, 0.1) is 10.1 Å². The Kier molecular flexibility index (Phi) is 14.2. The molecule has 1 saturated heterocycles. The molecule has 0 unspecified atom stereocenters. The summed E-state index contributed by atoms with van der Waals surface area (Å²) >= 11 is 0. The standard InChI is InChI=1S/C37H46N2O11/c1-25(30(34(40)44-5)38-36(41)50-37(2,3)4)48-35-31(39(42)43)33(47-23-28-19-13-8-14-20-28)32(46-22-27-17-11-7-12-18-27)29(49-35)24-45-21-26-15-9-6-10-16-26/h6-20,25,29-33,35H,21-24H2,1-5H3,(H,38,41)/t25-,29-,30+,31-,32-,33-,35+/m1/s1. The van der Waals surface area contributed by atoms with Crippen LogP contribution < -0.4 is 5.32 Å². The highest BCUT2D eigenvalue weighted by Gasteiger charge is 2.56. The second-order valence-corrected chi connectivity index (χ2v) is 12.8. The van der Waals surface area contributed by atoms with E-state index in [0.717, 1.165) is 23.8 Å². The first kappa shape index (κ1) is 38.4. The first-order valence-electron chi connectivity index (χ1n) is 16.4. The number of benzene rings is 3. The van der Waals surface area contributed by atoms with E-state index in [1.165, 1.54) is 6.92 Å². The molecule has 0 radical (unpaired) electrons. The molecule has 1 amide bonds. The van der Waals surface area contributed by atoms with E-state index >= 15 is 0 Å². The number of hydrogen-bond acceptors (Lipinski definition) is 11. The van der Waals surface area contributed by atoms with Crippen molar-refractivity contribution in [3.05, 3.63) is 118 Å². The Balaban J connectivity index is 1.65. The number of nitrogens with zero attached hydrogens (tertiary/aromatic N) is 1. The number of carbonyl (C=O) groups is 2. The van der Waals surface area contributed by atoms with Gasteiger partial charge in [0, 0.05) is 4.92 Å². The molecule has 0 bridgehead atoms. The topological polar surface area (TPSA) is 154 Å². The molecule has 13 heteroatoms. The first-order chi connectivity index (χ1) is 23.9. The average molecular weight is 695 g/mol. The SMILES string of the molecule is COC(=O)[C@@H](NC(=O)OC(C)(C)C)[C@@H](C)O[C@H]1O[C@H](COCc2ccccc2)[C@@H](OCc2ccccc2)[C@H](OCc2ccccc2)[C@H]1[N+](=O)[O-]. The molecule has 1 aliphatic heterocycles. The molecular formula is C37H46N2O11. The molecule has 7 atom stereocenters. The zero-order valence-corrected chi connectivity index (χ0v) is 29.0. The minimum absolute atomic E-state index is 0.0329. The summed E-state index contributed by atoms with van der Waals surface area (Å²) < 4.78 is 41.5. The Morgan fingerprint density at radius 1 is 0.840 bits per heavy atom. The molecule has 1 N–H and O–H groups in total. The Bertz CT molecular complexity index is 1490. The summed E-state index contributed by atoms with van der Waals surface area (Å²) in [5, 5.41) is 15.3. The minimum Gasteiger partial charge on any atom is -0.467 e. The van der Waals surface area contributed by atoms with Crippen molar-refractivity contribution in [1.29, 1.82) is 0 Å². The lowest BCUT2D eigenvalue weighted by Crippen LogP contribution is -2.64. The van der Waals surface area contributed by atoms with Crippen LogP contribution in [0.1, 0.15) is 44.4 Å². The molecule has 0 spiro atoms. The summed E-state index contributed by atoms with van der Waals surface area (Å²) in [4.78, 5) is 37.8. The van der Waals surface area contributed by atoms with Crippen molar-refractivity contribution in [3.63, 3.8) is 0 Å². The van der Waals surface area contributed by atoms with Crippen LogP contribution >= 0.6 is 0 Å². The van der Waals surface area contributed by atoms with Gasteiger partial charge >= 0.3 is 12.1 Å². The first-order valence-corrected chi connectivity index (χ1v) is 16.4. The van der Waals surface area contributed by atoms with E-state index in [2.05, 4.69) is 5.32 Å². The van der Waals surface area contributed by atoms with Crippen molar-refractivity contribution in [3.8, 4) is 0 Å². The molecule has 0 saturated carbocycles. The van der Waals surface area contributed by atoms with Crippen molar-refractivity contribution in [2.75, 3.05) is 13.7 Å². The molecule has 1 fully saturated rings. The number of methoxy groups -OCH3 is 1. The van der Waals surface area contributed by atoms with Crippen LogP contribution in [-0.2, 0) is 57.8 Å². The Morgan fingerprint density at radius 2 is 1.34 bits per heavy atom. The molecule has 50 heavy (non-hydrogen) atoms. The number of amides is 1. The van der Waals surface area contributed by atoms with Gasteiger partial charge in [-0.2, -0.15) is 0 Å². The number of nitrogens with one attached hydrogen (secondary N) is 1. The lowest BCUT2D eigenvalue weighted by atomic mass is 9.96. The van der Waals surface area contributed by atoms with Gasteiger partial charge in [-0.1, -0.05) is 91.0 Å². The van der Waals surface area contributed by atoms with Crippen LogP contribution in [-0.4, -0.2) is 79.1 Å². The van der Waals surface area contributed by atoms with Crippen molar-refractivity contribution in [2.45, 2.75) is 95.9 Å². The van der Waals surface area contributed by atoms with Crippen molar-refractivity contribution in [2.24, 2.45) is 0 Å². The monoisotopic (exact) mass is 694 g/mol.